The van der Waals surface area contributed by atoms with Gasteiger partial charge < -0.3 is 5.32 Å². The van der Waals surface area contributed by atoms with Crippen LogP contribution in [-0.2, 0) is 4.79 Å². The highest BCUT2D eigenvalue weighted by Gasteiger charge is 2.10. The van der Waals surface area contributed by atoms with E-state index in [4.69, 9.17) is 0 Å². The molecule has 0 bridgehead atoms. The van der Waals surface area contributed by atoms with Crippen molar-refractivity contribution in [1.82, 2.24) is 5.32 Å². The summed E-state index contributed by atoms with van der Waals surface area (Å²) in [7, 11) is 0. The summed E-state index contributed by atoms with van der Waals surface area (Å²) in [5, 5.41) is 2.90. The van der Waals surface area contributed by atoms with E-state index in [9.17, 15) is 4.79 Å². The Balaban J connectivity index is 2.37. The molecule has 2 heteroatoms. The van der Waals surface area contributed by atoms with Gasteiger partial charge in [-0.05, 0) is 19.8 Å². The SMILES string of the molecule is C[C@H]1CCCCC(=O)N1. The van der Waals surface area contributed by atoms with Crippen molar-refractivity contribution in [3.05, 3.63) is 0 Å². The molecule has 1 rings (SSSR count). The summed E-state index contributed by atoms with van der Waals surface area (Å²) in [6, 6.07) is 0.403. The quantitative estimate of drug-likeness (QED) is 0.518. The van der Waals surface area contributed by atoms with Crippen LogP contribution in [0.15, 0.2) is 0 Å². The monoisotopic (exact) mass is 127 g/mol. The molecule has 2 nitrogen and oxygen atoms in total. The van der Waals surface area contributed by atoms with E-state index in [-0.39, 0.29) is 5.91 Å². The summed E-state index contributed by atoms with van der Waals surface area (Å²) in [4.78, 5) is 10.8. The molecule has 0 saturated carbocycles. The first-order valence-corrected chi connectivity index (χ1v) is 3.58. The number of hydrogen-bond donors (Lipinski definition) is 1. The second-order valence-corrected chi connectivity index (χ2v) is 2.71. The Hall–Kier alpha value is -0.530. The lowest BCUT2D eigenvalue weighted by Crippen LogP contribution is -2.29. The van der Waals surface area contributed by atoms with Gasteiger partial charge in [-0.1, -0.05) is 6.42 Å². The van der Waals surface area contributed by atoms with Crippen LogP contribution in [0.25, 0.3) is 0 Å². The highest BCUT2D eigenvalue weighted by atomic mass is 16.1. The Labute approximate surface area is 55.6 Å². The molecule has 1 aliphatic heterocycles. The minimum Gasteiger partial charge on any atom is -0.354 e. The molecule has 1 saturated heterocycles. The molecule has 0 aromatic rings. The molecule has 0 radical (unpaired) electrons. The van der Waals surface area contributed by atoms with Crippen LogP contribution in [0.5, 0.6) is 0 Å². The summed E-state index contributed by atoms with van der Waals surface area (Å²) in [5.41, 5.74) is 0. The van der Waals surface area contributed by atoms with Gasteiger partial charge in [0.05, 0.1) is 0 Å². The number of rotatable bonds is 0. The van der Waals surface area contributed by atoms with Gasteiger partial charge in [-0.25, -0.2) is 0 Å². The van der Waals surface area contributed by atoms with E-state index in [0.29, 0.717) is 6.04 Å². The van der Waals surface area contributed by atoms with Gasteiger partial charge >= 0.3 is 0 Å². The maximum Gasteiger partial charge on any atom is 0.220 e. The van der Waals surface area contributed by atoms with Crippen LogP contribution in [0.4, 0.5) is 0 Å². The van der Waals surface area contributed by atoms with Gasteiger partial charge in [0, 0.05) is 12.5 Å². The normalized spacial score (nSPS) is 29.0. The van der Waals surface area contributed by atoms with Gasteiger partial charge in [-0.3, -0.25) is 4.79 Å². The molecule has 52 valence electrons. The number of nitrogens with one attached hydrogen (secondary N) is 1. The standard InChI is InChI=1S/C7H13NO/c1-6-4-2-3-5-7(9)8-6/h6H,2-5H2,1H3,(H,8,9)/t6-/m0/s1. The smallest absolute Gasteiger partial charge is 0.220 e. The highest BCUT2D eigenvalue weighted by molar-refractivity contribution is 5.76. The third-order valence-corrected chi connectivity index (χ3v) is 1.70. The van der Waals surface area contributed by atoms with Crippen molar-refractivity contribution in [3.63, 3.8) is 0 Å². The van der Waals surface area contributed by atoms with E-state index >= 15 is 0 Å². The lowest BCUT2D eigenvalue weighted by molar-refractivity contribution is -0.121. The highest BCUT2D eigenvalue weighted by Crippen LogP contribution is 2.07. The van der Waals surface area contributed by atoms with Crippen molar-refractivity contribution < 1.29 is 4.79 Å². The molecule has 1 aliphatic rings. The number of hydrogen-bond acceptors (Lipinski definition) is 1. The summed E-state index contributed by atoms with van der Waals surface area (Å²) in [6.45, 7) is 2.06. The first-order chi connectivity index (χ1) is 4.29. The van der Waals surface area contributed by atoms with Crippen LogP contribution in [-0.4, -0.2) is 11.9 Å². The van der Waals surface area contributed by atoms with Crippen LogP contribution < -0.4 is 5.32 Å². The Bertz CT molecular complexity index is 111. The minimum absolute atomic E-state index is 0.222. The average Bonchev–Trinajstić information content (AvgIpc) is 1.93. The van der Waals surface area contributed by atoms with Crippen molar-refractivity contribution in [2.75, 3.05) is 0 Å². The fraction of sp³-hybridized carbons (Fsp3) is 0.857. The molecule has 1 fully saturated rings. The first-order valence-electron chi connectivity index (χ1n) is 3.58. The second-order valence-electron chi connectivity index (χ2n) is 2.71. The van der Waals surface area contributed by atoms with Gasteiger partial charge in [0.15, 0.2) is 0 Å². The van der Waals surface area contributed by atoms with Crippen LogP contribution in [0.3, 0.4) is 0 Å². The molecule has 0 spiro atoms. The van der Waals surface area contributed by atoms with E-state index in [1.165, 1.54) is 6.42 Å². The fourth-order valence-electron chi connectivity index (χ4n) is 1.16. The fourth-order valence-corrected chi connectivity index (χ4v) is 1.16. The first kappa shape index (κ1) is 6.59. The molecule has 0 aliphatic carbocycles. The summed E-state index contributed by atoms with van der Waals surface area (Å²) in [6.07, 6.45) is 4.13. The molecule has 1 N–H and O–H groups in total. The molecule has 0 aromatic heterocycles. The molecule has 1 atom stereocenters. The van der Waals surface area contributed by atoms with Gasteiger partial charge in [0.25, 0.3) is 0 Å². The second kappa shape index (κ2) is 2.85. The number of carbonyl (C=O) groups is 1. The van der Waals surface area contributed by atoms with Gasteiger partial charge in [0.1, 0.15) is 0 Å². The zero-order chi connectivity index (χ0) is 6.69. The third-order valence-electron chi connectivity index (χ3n) is 1.70. The molecular weight excluding hydrogens is 114 g/mol. The van der Waals surface area contributed by atoms with E-state index in [1.54, 1.807) is 0 Å². The summed E-state index contributed by atoms with van der Waals surface area (Å²) in [5.74, 6) is 0.222. The molecule has 1 amide bonds. The Morgan fingerprint density at radius 2 is 2.33 bits per heavy atom. The van der Waals surface area contributed by atoms with Crippen molar-refractivity contribution in [2.45, 2.75) is 38.6 Å². The van der Waals surface area contributed by atoms with E-state index in [0.717, 1.165) is 19.3 Å². The van der Waals surface area contributed by atoms with Gasteiger partial charge in [0.2, 0.25) is 5.91 Å². The molecule has 1 heterocycles. The number of carbonyl (C=O) groups excluding carboxylic acids is 1. The van der Waals surface area contributed by atoms with E-state index in [1.807, 2.05) is 0 Å². The predicted molar refractivity (Wildman–Crippen MR) is 36.1 cm³/mol. The number of amides is 1. The maximum atomic E-state index is 10.8. The van der Waals surface area contributed by atoms with Crippen LogP contribution in [0.2, 0.25) is 0 Å². The maximum absolute atomic E-state index is 10.8. The summed E-state index contributed by atoms with van der Waals surface area (Å²) >= 11 is 0. The molecule has 0 aromatic carbocycles. The van der Waals surface area contributed by atoms with Gasteiger partial charge in [-0.15, -0.1) is 0 Å². The van der Waals surface area contributed by atoms with E-state index in [2.05, 4.69) is 12.2 Å². The Kier molecular flexibility index (Phi) is 2.09. The topological polar surface area (TPSA) is 29.1 Å². The lowest BCUT2D eigenvalue weighted by Gasteiger charge is -2.06. The van der Waals surface area contributed by atoms with Crippen molar-refractivity contribution >= 4 is 5.91 Å². The van der Waals surface area contributed by atoms with Crippen LogP contribution in [0.1, 0.15) is 32.6 Å². The van der Waals surface area contributed by atoms with Crippen molar-refractivity contribution in [3.8, 4) is 0 Å². The predicted octanol–water partition coefficient (Wildman–Crippen LogP) is 1.07. The lowest BCUT2D eigenvalue weighted by atomic mass is 10.1. The van der Waals surface area contributed by atoms with Gasteiger partial charge in [-0.2, -0.15) is 0 Å². The average molecular weight is 127 g/mol. The zero-order valence-corrected chi connectivity index (χ0v) is 5.81. The minimum atomic E-state index is 0.222. The Morgan fingerprint density at radius 1 is 1.56 bits per heavy atom. The third kappa shape index (κ3) is 2.04. The molecule has 9 heavy (non-hydrogen) atoms. The van der Waals surface area contributed by atoms with Crippen LogP contribution in [0, 0.1) is 0 Å². The van der Waals surface area contributed by atoms with Crippen LogP contribution >= 0.6 is 0 Å². The molecular formula is C7H13NO. The summed E-state index contributed by atoms with van der Waals surface area (Å²) < 4.78 is 0. The zero-order valence-electron chi connectivity index (χ0n) is 5.81. The largest absolute Gasteiger partial charge is 0.354 e. The van der Waals surface area contributed by atoms with Crippen molar-refractivity contribution in [1.29, 1.82) is 0 Å². The Morgan fingerprint density at radius 3 is 3.11 bits per heavy atom. The van der Waals surface area contributed by atoms with E-state index < -0.39 is 0 Å². The van der Waals surface area contributed by atoms with Crippen molar-refractivity contribution in [2.24, 2.45) is 0 Å². The molecule has 0 unspecified atom stereocenters.